The molecule has 4 rings (SSSR count). The molecule has 1 aliphatic rings. The van der Waals surface area contributed by atoms with E-state index in [0.29, 0.717) is 32.7 Å². The molecule has 1 aliphatic heterocycles. The first-order valence-corrected chi connectivity index (χ1v) is 12.2. The van der Waals surface area contributed by atoms with Crippen LogP contribution in [0.15, 0.2) is 41.4 Å². The second-order valence-corrected chi connectivity index (χ2v) is 10.1. The molecule has 0 bridgehead atoms. The monoisotopic (exact) mass is 460 g/mol. The van der Waals surface area contributed by atoms with Crippen LogP contribution < -0.4 is 9.46 Å². The molecule has 0 aliphatic carbocycles. The number of aromatic nitrogens is 2. The molecule has 0 saturated carbocycles. The minimum absolute atomic E-state index is 0.00183. The number of nitrogens with one attached hydrogen (secondary N) is 1. The summed E-state index contributed by atoms with van der Waals surface area (Å²) in [5, 5.41) is 0.619. The molecule has 10 heteroatoms. The van der Waals surface area contributed by atoms with Crippen molar-refractivity contribution in [3.05, 3.63) is 47.1 Å². The number of aryl methyl sites for hydroxylation is 2. The van der Waals surface area contributed by atoms with Gasteiger partial charge in [-0.3, -0.25) is 9.52 Å². The summed E-state index contributed by atoms with van der Waals surface area (Å²) in [6.45, 7) is 3.36. The van der Waals surface area contributed by atoms with Gasteiger partial charge in [0.15, 0.2) is 0 Å². The molecule has 0 unspecified atom stereocenters. The van der Waals surface area contributed by atoms with Crippen LogP contribution in [0, 0.1) is 6.92 Å². The number of hydrogen-bond acceptors (Lipinski definition) is 6. The molecule has 1 saturated heterocycles. The van der Waals surface area contributed by atoms with Gasteiger partial charge in [-0.25, -0.2) is 13.4 Å². The molecule has 1 fully saturated rings. The molecule has 2 aromatic heterocycles. The van der Waals surface area contributed by atoms with Gasteiger partial charge in [0.1, 0.15) is 20.5 Å². The van der Waals surface area contributed by atoms with Crippen molar-refractivity contribution in [1.82, 2.24) is 14.5 Å². The summed E-state index contributed by atoms with van der Waals surface area (Å²) in [6.07, 6.45) is 3.59. The minimum atomic E-state index is -3.79. The Labute approximate surface area is 185 Å². The van der Waals surface area contributed by atoms with Gasteiger partial charge in [-0.05, 0) is 50.1 Å². The van der Waals surface area contributed by atoms with Crippen LogP contribution in [0.4, 0.5) is 5.69 Å². The van der Waals surface area contributed by atoms with Crippen LogP contribution in [0.25, 0.3) is 10.7 Å². The highest BCUT2D eigenvalue weighted by Gasteiger charge is 2.26. The normalized spacial score (nSPS) is 14.1. The van der Waals surface area contributed by atoms with Crippen LogP contribution in [0.2, 0.25) is 0 Å². The second-order valence-electron chi connectivity index (χ2n) is 7.44. The second kappa shape index (κ2) is 8.35. The number of carbonyl (C=O) groups is 1. The highest BCUT2D eigenvalue weighted by molar-refractivity contribution is 7.92. The van der Waals surface area contributed by atoms with E-state index in [1.807, 2.05) is 11.8 Å². The molecule has 1 amide bonds. The summed E-state index contributed by atoms with van der Waals surface area (Å²) in [6, 6.07) is 8.23. The number of hydrogen-bond donors (Lipinski definition) is 1. The molecule has 31 heavy (non-hydrogen) atoms. The standard InChI is InChI=1S/C21H24N4O4S2/c1-14-19(21(26)25-10-4-5-11-25)30-20(22-14)18-12-17(13-24(18)2)31(27,28)23-15-6-8-16(29-3)9-7-15/h6-9,12-13,23H,4-5,10-11H2,1-3H3. The van der Waals surface area contributed by atoms with Crippen molar-refractivity contribution in [3.8, 4) is 16.5 Å². The number of amides is 1. The maximum absolute atomic E-state index is 12.9. The van der Waals surface area contributed by atoms with Gasteiger partial charge >= 0.3 is 0 Å². The maximum atomic E-state index is 12.9. The molecule has 8 nitrogen and oxygen atoms in total. The molecule has 0 spiro atoms. The van der Waals surface area contributed by atoms with E-state index < -0.39 is 10.0 Å². The number of thiazole rings is 1. The lowest BCUT2D eigenvalue weighted by Gasteiger charge is -2.13. The number of rotatable bonds is 6. The van der Waals surface area contributed by atoms with Crippen LogP contribution >= 0.6 is 11.3 Å². The average molecular weight is 461 g/mol. The molecule has 1 N–H and O–H groups in total. The molecule has 3 aromatic rings. The summed E-state index contributed by atoms with van der Waals surface area (Å²) in [5.41, 5.74) is 1.75. The van der Waals surface area contributed by atoms with Crippen molar-refractivity contribution in [2.45, 2.75) is 24.7 Å². The lowest BCUT2D eigenvalue weighted by molar-refractivity contribution is 0.0796. The van der Waals surface area contributed by atoms with Gasteiger partial charge in [0, 0.05) is 32.0 Å². The first-order chi connectivity index (χ1) is 14.8. The molecule has 1 aromatic carbocycles. The highest BCUT2D eigenvalue weighted by Crippen LogP contribution is 2.32. The van der Waals surface area contributed by atoms with Crippen molar-refractivity contribution in [3.63, 3.8) is 0 Å². The third kappa shape index (κ3) is 4.31. The average Bonchev–Trinajstić information content (AvgIpc) is 3.48. The lowest BCUT2D eigenvalue weighted by Crippen LogP contribution is -2.27. The maximum Gasteiger partial charge on any atom is 0.265 e. The van der Waals surface area contributed by atoms with Gasteiger partial charge in [-0.15, -0.1) is 11.3 Å². The van der Waals surface area contributed by atoms with Crippen LogP contribution in [-0.2, 0) is 17.1 Å². The number of likely N-dealkylation sites (tertiary alicyclic amines) is 1. The van der Waals surface area contributed by atoms with E-state index in [1.54, 1.807) is 55.3 Å². The van der Waals surface area contributed by atoms with Crippen molar-refractivity contribution in [2.24, 2.45) is 7.05 Å². The van der Waals surface area contributed by atoms with Crippen molar-refractivity contribution in [2.75, 3.05) is 24.9 Å². The first kappa shape index (κ1) is 21.4. The fourth-order valence-corrected chi connectivity index (χ4v) is 5.76. The summed E-state index contributed by atoms with van der Waals surface area (Å²) in [5.74, 6) is 0.644. The van der Waals surface area contributed by atoms with E-state index in [4.69, 9.17) is 4.74 Å². The number of ether oxygens (including phenoxy) is 1. The summed E-state index contributed by atoms with van der Waals surface area (Å²) in [7, 11) is -0.470. The SMILES string of the molecule is COc1ccc(NS(=O)(=O)c2cc(-c3nc(C)c(C(=O)N4CCCC4)s3)n(C)c2)cc1. The molecular weight excluding hydrogens is 436 g/mol. The number of sulfonamides is 1. The smallest absolute Gasteiger partial charge is 0.265 e. The number of carbonyl (C=O) groups excluding carboxylic acids is 1. The third-order valence-corrected chi connectivity index (χ3v) is 7.75. The lowest BCUT2D eigenvalue weighted by atomic mass is 10.3. The van der Waals surface area contributed by atoms with Gasteiger partial charge in [-0.1, -0.05) is 0 Å². The molecule has 164 valence electrons. The Balaban J connectivity index is 1.60. The zero-order valence-electron chi connectivity index (χ0n) is 17.6. The summed E-state index contributed by atoms with van der Waals surface area (Å²) >= 11 is 1.30. The quantitative estimate of drug-likeness (QED) is 0.608. The Kier molecular flexibility index (Phi) is 5.76. The number of anilines is 1. The predicted octanol–water partition coefficient (Wildman–Crippen LogP) is 3.50. The zero-order chi connectivity index (χ0) is 22.2. The van der Waals surface area contributed by atoms with Gasteiger partial charge < -0.3 is 14.2 Å². The van der Waals surface area contributed by atoms with Crippen molar-refractivity contribution >= 4 is 33.0 Å². The Bertz CT molecular complexity index is 1210. The fourth-order valence-electron chi connectivity index (χ4n) is 3.54. The number of methoxy groups -OCH3 is 1. The molecule has 0 atom stereocenters. The van der Waals surface area contributed by atoms with E-state index in [9.17, 15) is 13.2 Å². The fraction of sp³-hybridized carbons (Fsp3) is 0.333. The minimum Gasteiger partial charge on any atom is -0.497 e. The van der Waals surface area contributed by atoms with Crippen LogP contribution in [0.3, 0.4) is 0 Å². The van der Waals surface area contributed by atoms with Crippen molar-refractivity contribution < 1.29 is 17.9 Å². The Morgan fingerprint density at radius 1 is 1.19 bits per heavy atom. The first-order valence-electron chi connectivity index (χ1n) is 9.89. The van der Waals surface area contributed by atoms with Gasteiger partial charge in [0.05, 0.1) is 18.5 Å². The van der Waals surface area contributed by atoms with E-state index in [-0.39, 0.29) is 10.8 Å². The highest BCUT2D eigenvalue weighted by atomic mass is 32.2. The Morgan fingerprint density at radius 3 is 2.52 bits per heavy atom. The molecule has 3 heterocycles. The summed E-state index contributed by atoms with van der Waals surface area (Å²) < 4.78 is 35.1. The van der Waals surface area contributed by atoms with Crippen LogP contribution in [0.1, 0.15) is 28.2 Å². The van der Waals surface area contributed by atoms with E-state index in [1.165, 1.54) is 11.3 Å². The van der Waals surface area contributed by atoms with E-state index >= 15 is 0 Å². The topological polar surface area (TPSA) is 93.5 Å². The van der Waals surface area contributed by atoms with Crippen LogP contribution in [-0.4, -0.2) is 49.0 Å². The predicted molar refractivity (Wildman–Crippen MR) is 120 cm³/mol. The zero-order valence-corrected chi connectivity index (χ0v) is 19.2. The van der Waals surface area contributed by atoms with E-state index in [2.05, 4.69) is 9.71 Å². The van der Waals surface area contributed by atoms with Gasteiger partial charge in [0.25, 0.3) is 15.9 Å². The third-order valence-electron chi connectivity index (χ3n) is 5.24. The Morgan fingerprint density at radius 2 is 1.87 bits per heavy atom. The summed E-state index contributed by atoms with van der Waals surface area (Å²) in [4.78, 5) is 19.9. The molecule has 0 radical (unpaired) electrons. The number of nitrogens with zero attached hydrogens (tertiary/aromatic N) is 3. The molecular formula is C21H24N4O4S2. The largest absolute Gasteiger partial charge is 0.497 e. The van der Waals surface area contributed by atoms with Gasteiger partial charge in [-0.2, -0.15) is 0 Å². The number of benzene rings is 1. The van der Waals surface area contributed by atoms with Crippen LogP contribution in [0.5, 0.6) is 5.75 Å². The van der Waals surface area contributed by atoms with Crippen molar-refractivity contribution in [1.29, 1.82) is 0 Å². The van der Waals surface area contributed by atoms with Gasteiger partial charge in [0.2, 0.25) is 0 Å². The Hall–Kier alpha value is -2.85. The van der Waals surface area contributed by atoms with E-state index in [0.717, 1.165) is 25.9 Å².